The van der Waals surface area contributed by atoms with Gasteiger partial charge in [-0.2, -0.15) is 0 Å². The van der Waals surface area contributed by atoms with Crippen molar-refractivity contribution in [2.45, 2.75) is 31.3 Å². The second-order valence-corrected chi connectivity index (χ2v) is 11.5. The van der Waals surface area contributed by atoms with Crippen LogP contribution in [0.5, 0.6) is 0 Å². The highest BCUT2D eigenvalue weighted by molar-refractivity contribution is 7.90. The Bertz CT molecular complexity index is 1860. The number of rotatable bonds is 8. The highest BCUT2D eigenvalue weighted by atomic mass is 32.2. The Balaban J connectivity index is 1.32. The number of benzene rings is 1. The molecule has 4 aromatic heterocycles. The molecular weight excluding hydrogens is 514 g/mol. The summed E-state index contributed by atoms with van der Waals surface area (Å²) in [5.74, 6) is -0.245. The van der Waals surface area contributed by atoms with E-state index in [1.54, 1.807) is 55.0 Å². The van der Waals surface area contributed by atoms with Gasteiger partial charge in [-0.1, -0.05) is 18.2 Å². The van der Waals surface area contributed by atoms with E-state index in [9.17, 15) is 18.0 Å². The van der Waals surface area contributed by atoms with Gasteiger partial charge in [0.1, 0.15) is 5.65 Å². The summed E-state index contributed by atoms with van der Waals surface area (Å²) in [5.41, 5.74) is 4.91. The van der Waals surface area contributed by atoms with Crippen LogP contribution in [0.2, 0.25) is 0 Å². The number of aryl methyl sites for hydroxylation is 1. The number of nitrogens with one attached hydrogen (secondary N) is 2. The summed E-state index contributed by atoms with van der Waals surface area (Å²) in [6, 6.07) is 15.3. The molecule has 0 aliphatic carbocycles. The van der Waals surface area contributed by atoms with Gasteiger partial charge in [0.05, 0.1) is 11.4 Å². The minimum atomic E-state index is -3.56. The van der Waals surface area contributed by atoms with E-state index in [2.05, 4.69) is 20.3 Å². The molecule has 5 aromatic rings. The summed E-state index contributed by atoms with van der Waals surface area (Å²) in [5, 5.41) is 3.94. The third-order valence-corrected chi connectivity index (χ3v) is 7.66. The smallest absolute Gasteiger partial charge is 0.251 e. The van der Waals surface area contributed by atoms with Crippen molar-refractivity contribution in [3.63, 3.8) is 0 Å². The lowest BCUT2D eigenvalue weighted by molar-refractivity contribution is 0.0950. The topological polar surface area (TPSA) is 127 Å². The number of aromatic amines is 1. The summed E-state index contributed by atoms with van der Waals surface area (Å²) in [7, 11) is -3.56. The SMILES string of the molecule is Cc1c[nH]c2ncc(CNC(=O)c3ccnc(Cc4ccc(Cn5ccccc5=O)c(S(C)(=O)=O)c4)c3)cc12. The van der Waals surface area contributed by atoms with Crippen LogP contribution in [0.1, 0.15) is 38.3 Å². The van der Waals surface area contributed by atoms with Crippen molar-refractivity contribution < 1.29 is 13.2 Å². The zero-order valence-corrected chi connectivity index (χ0v) is 22.3. The highest BCUT2D eigenvalue weighted by Crippen LogP contribution is 2.21. The lowest BCUT2D eigenvalue weighted by Gasteiger charge is -2.12. The molecule has 5 rings (SSSR count). The average Bonchev–Trinajstić information content (AvgIpc) is 3.29. The molecule has 0 atom stereocenters. The van der Waals surface area contributed by atoms with Crippen molar-refractivity contribution in [1.82, 2.24) is 24.8 Å². The first-order chi connectivity index (χ1) is 18.7. The fourth-order valence-electron chi connectivity index (χ4n) is 4.44. The summed E-state index contributed by atoms with van der Waals surface area (Å²) in [4.78, 5) is 37.0. The molecule has 0 unspecified atom stereocenters. The maximum Gasteiger partial charge on any atom is 0.251 e. The van der Waals surface area contributed by atoms with Crippen molar-refractivity contribution in [2.75, 3.05) is 6.26 Å². The van der Waals surface area contributed by atoms with Crippen molar-refractivity contribution in [2.24, 2.45) is 0 Å². The van der Waals surface area contributed by atoms with Gasteiger partial charge >= 0.3 is 0 Å². The van der Waals surface area contributed by atoms with Gasteiger partial charge in [0.25, 0.3) is 11.5 Å². The molecule has 0 saturated heterocycles. The number of hydrogen-bond donors (Lipinski definition) is 2. The zero-order valence-electron chi connectivity index (χ0n) is 21.5. The van der Waals surface area contributed by atoms with Crippen molar-refractivity contribution >= 4 is 26.8 Å². The van der Waals surface area contributed by atoms with Crippen LogP contribution in [0.15, 0.2) is 89.1 Å². The highest BCUT2D eigenvalue weighted by Gasteiger charge is 2.16. The lowest BCUT2D eigenvalue weighted by Crippen LogP contribution is -2.23. The maximum absolute atomic E-state index is 12.9. The number of carbonyl (C=O) groups is 1. The molecule has 0 bridgehead atoms. The molecule has 1 aromatic carbocycles. The molecule has 198 valence electrons. The van der Waals surface area contributed by atoms with Crippen LogP contribution >= 0.6 is 0 Å². The second-order valence-electron chi connectivity index (χ2n) is 9.49. The van der Waals surface area contributed by atoms with E-state index in [1.165, 1.54) is 10.6 Å². The van der Waals surface area contributed by atoms with Crippen LogP contribution in [0.25, 0.3) is 11.0 Å². The van der Waals surface area contributed by atoms with Crippen molar-refractivity contribution in [3.05, 3.63) is 123 Å². The van der Waals surface area contributed by atoms with Gasteiger partial charge in [-0.05, 0) is 59.5 Å². The molecule has 39 heavy (non-hydrogen) atoms. The van der Waals surface area contributed by atoms with Gasteiger partial charge in [0.15, 0.2) is 9.84 Å². The summed E-state index contributed by atoms with van der Waals surface area (Å²) in [6.07, 6.45) is 8.30. The van der Waals surface area contributed by atoms with Gasteiger partial charge < -0.3 is 14.9 Å². The number of fused-ring (bicyclic) bond motifs is 1. The molecule has 4 heterocycles. The second kappa shape index (κ2) is 10.7. The molecule has 0 radical (unpaired) electrons. The van der Waals surface area contributed by atoms with Crippen LogP contribution in [-0.2, 0) is 29.3 Å². The van der Waals surface area contributed by atoms with Gasteiger partial charge in [-0.25, -0.2) is 13.4 Å². The molecule has 0 aliphatic rings. The predicted molar refractivity (Wildman–Crippen MR) is 148 cm³/mol. The normalized spacial score (nSPS) is 11.5. The van der Waals surface area contributed by atoms with E-state index < -0.39 is 9.84 Å². The van der Waals surface area contributed by atoms with Crippen LogP contribution in [0.4, 0.5) is 0 Å². The number of pyridine rings is 3. The van der Waals surface area contributed by atoms with E-state index in [-0.39, 0.29) is 22.9 Å². The van der Waals surface area contributed by atoms with Gasteiger partial charge in [-0.15, -0.1) is 0 Å². The van der Waals surface area contributed by atoms with E-state index in [4.69, 9.17) is 0 Å². The Kier molecular flexibility index (Phi) is 7.12. The molecule has 0 saturated carbocycles. The predicted octanol–water partition coefficient (Wildman–Crippen LogP) is 3.40. The monoisotopic (exact) mass is 541 g/mol. The Morgan fingerprint density at radius 1 is 1.05 bits per heavy atom. The first kappa shape index (κ1) is 26.1. The number of aromatic nitrogens is 4. The Hall–Kier alpha value is -4.57. The number of H-pyrrole nitrogens is 1. The minimum absolute atomic E-state index is 0.141. The number of carbonyl (C=O) groups excluding carboxylic acids is 1. The fourth-order valence-corrected chi connectivity index (χ4v) is 5.42. The summed E-state index contributed by atoms with van der Waals surface area (Å²) in [6.45, 7) is 2.47. The quantitative estimate of drug-likeness (QED) is 0.310. The van der Waals surface area contributed by atoms with E-state index in [0.717, 1.165) is 34.0 Å². The molecule has 2 N–H and O–H groups in total. The molecule has 10 heteroatoms. The van der Waals surface area contributed by atoms with Crippen LogP contribution in [0.3, 0.4) is 0 Å². The van der Waals surface area contributed by atoms with Crippen LogP contribution in [-0.4, -0.2) is 40.1 Å². The number of hydrogen-bond acceptors (Lipinski definition) is 6. The summed E-state index contributed by atoms with van der Waals surface area (Å²) < 4.78 is 26.6. The van der Waals surface area contributed by atoms with Crippen LogP contribution in [0, 0.1) is 6.92 Å². The van der Waals surface area contributed by atoms with Crippen molar-refractivity contribution in [1.29, 1.82) is 0 Å². The molecule has 0 fully saturated rings. The Labute approximate surface area is 225 Å². The molecule has 9 nitrogen and oxygen atoms in total. The number of amides is 1. The first-order valence-electron chi connectivity index (χ1n) is 12.3. The largest absolute Gasteiger partial charge is 0.348 e. The summed E-state index contributed by atoms with van der Waals surface area (Å²) >= 11 is 0. The molecule has 0 spiro atoms. The van der Waals surface area contributed by atoms with E-state index in [1.807, 2.05) is 25.3 Å². The zero-order chi connectivity index (χ0) is 27.6. The molecule has 1 amide bonds. The minimum Gasteiger partial charge on any atom is -0.348 e. The van der Waals surface area contributed by atoms with Crippen molar-refractivity contribution in [3.8, 4) is 0 Å². The number of nitrogens with zero attached hydrogens (tertiary/aromatic N) is 3. The average molecular weight is 542 g/mol. The number of sulfone groups is 1. The maximum atomic E-state index is 12.9. The van der Waals surface area contributed by atoms with Gasteiger partial charge in [-0.3, -0.25) is 14.6 Å². The van der Waals surface area contributed by atoms with Crippen LogP contribution < -0.4 is 10.9 Å². The fraction of sp³-hybridized carbons (Fsp3) is 0.172. The Morgan fingerprint density at radius 3 is 2.69 bits per heavy atom. The standard InChI is InChI=1S/C29H27N5O4S/c1-19-15-31-28-25(19)12-21(16-32-28)17-33-29(36)22-8-9-30-24(14-22)11-20-6-7-23(26(13-20)39(2,37)38)18-34-10-4-3-5-27(34)35/h3-10,12-16H,11,17-18H2,1-2H3,(H,31,32)(H,33,36). The lowest BCUT2D eigenvalue weighted by atomic mass is 10.1. The van der Waals surface area contributed by atoms with Gasteiger partial charge in [0, 0.05) is 66.7 Å². The van der Waals surface area contributed by atoms with E-state index in [0.29, 0.717) is 29.8 Å². The molecular formula is C29H27N5O4S. The third-order valence-electron chi connectivity index (χ3n) is 6.48. The first-order valence-corrected chi connectivity index (χ1v) is 14.2. The van der Waals surface area contributed by atoms with Gasteiger partial charge in [0.2, 0.25) is 0 Å². The Morgan fingerprint density at radius 2 is 1.90 bits per heavy atom. The van der Waals surface area contributed by atoms with E-state index >= 15 is 0 Å². The molecule has 0 aliphatic heterocycles. The third kappa shape index (κ3) is 5.96.